The van der Waals surface area contributed by atoms with Crippen molar-refractivity contribution in [3.63, 3.8) is 0 Å². The predicted octanol–water partition coefficient (Wildman–Crippen LogP) is -0.749. The normalized spacial score (nSPS) is 11.6. The van der Waals surface area contributed by atoms with Crippen LogP contribution in [0.25, 0.3) is 0 Å². The first-order chi connectivity index (χ1) is 9.49. The van der Waals surface area contributed by atoms with Gasteiger partial charge in [-0.05, 0) is 38.9 Å². The van der Waals surface area contributed by atoms with Crippen LogP contribution in [0.5, 0.6) is 5.75 Å². The fourth-order valence-electron chi connectivity index (χ4n) is 1.53. The summed E-state index contributed by atoms with van der Waals surface area (Å²) in [5, 5.41) is 0. The zero-order chi connectivity index (χ0) is 14.6. The molecule has 2 rings (SSSR count). The van der Waals surface area contributed by atoms with Gasteiger partial charge < -0.3 is 4.74 Å². The zero-order valence-electron chi connectivity index (χ0n) is 11.1. The summed E-state index contributed by atoms with van der Waals surface area (Å²) in [6, 6.07) is 16.8. The molecule has 0 spiro atoms. The third-order valence-electron chi connectivity index (χ3n) is 2.36. The van der Waals surface area contributed by atoms with Gasteiger partial charge in [0.25, 0.3) is 0 Å². The number of methoxy groups -OCH3 is 1. The van der Waals surface area contributed by atoms with E-state index in [9.17, 15) is 8.42 Å². The van der Waals surface area contributed by atoms with Crippen molar-refractivity contribution < 1.29 is 35.9 Å². The van der Waals surface area contributed by atoms with Crippen LogP contribution in [-0.4, -0.2) is 21.8 Å². The van der Waals surface area contributed by atoms with Crippen molar-refractivity contribution in [2.24, 2.45) is 0 Å². The van der Waals surface area contributed by atoms with E-state index in [1.807, 2.05) is 54.6 Å². The number of ether oxygens (including phenoxy) is 1. The Balaban J connectivity index is 2.40. The fourth-order valence-corrected chi connectivity index (χ4v) is 7.91. The number of benzene rings is 2. The Morgan fingerprint density at radius 1 is 0.900 bits per heavy atom. The van der Waals surface area contributed by atoms with E-state index < -0.39 is 30.4 Å². The largest absolute Gasteiger partial charge is 0.497 e. The van der Waals surface area contributed by atoms with Gasteiger partial charge in [-0.25, -0.2) is 0 Å². The lowest BCUT2D eigenvalue weighted by atomic mass is 10.3. The zero-order valence-corrected chi connectivity index (χ0v) is 14.1. The lowest BCUT2D eigenvalue weighted by Crippen LogP contribution is -3.85. The topological polar surface area (TPSA) is 52.6 Å². The van der Waals surface area contributed by atoms with E-state index >= 15 is 0 Å². The summed E-state index contributed by atoms with van der Waals surface area (Å²) in [6.45, 7) is 0. The van der Waals surface area contributed by atoms with E-state index in [4.69, 9.17) is 7.25 Å². The quantitative estimate of drug-likeness (QED) is 0.614. The maximum absolute atomic E-state index is 11.5. The summed E-state index contributed by atoms with van der Waals surface area (Å²) in [7, 11) is -1.90. The lowest BCUT2D eigenvalue weighted by Gasteiger charge is -2.04. The molecule has 2 aromatic carbocycles. The number of rotatable bonds is 5. The molecule has 2 aromatic rings. The summed E-state index contributed by atoms with van der Waals surface area (Å²) in [4.78, 5) is 0. The molecular formula is C14H15IO4S+. The van der Waals surface area contributed by atoms with Crippen LogP contribution in [0.4, 0.5) is 0 Å². The molecule has 0 atom stereocenters. The number of hydrogen-bond acceptors (Lipinski definition) is 4. The highest BCUT2D eigenvalue weighted by molar-refractivity contribution is 7.85. The van der Waals surface area contributed by atoms with Crippen LogP contribution in [0.2, 0.25) is 0 Å². The maximum atomic E-state index is 11.5. The van der Waals surface area contributed by atoms with Gasteiger partial charge >= 0.3 is 30.4 Å². The number of halogens is 1. The molecule has 0 heterocycles. The molecular weight excluding hydrogens is 391 g/mol. The van der Waals surface area contributed by atoms with Crippen molar-refractivity contribution in [2.75, 3.05) is 13.4 Å². The molecule has 0 saturated heterocycles. The second-order valence-corrected chi connectivity index (χ2v) is 10.5. The molecule has 20 heavy (non-hydrogen) atoms. The molecule has 6 heteroatoms. The van der Waals surface area contributed by atoms with Gasteiger partial charge in [-0.3, -0.25) is 0 Å². The molecule has 107 valence electrons. The van der Waals surface area contributed by atoms with E-state index in [1.54, 1.807) is 7.11 Å². The van der Waals surface area contributed by atoms with Gasteiger partial charge in [0.15, 0.2) is 7.14 Å². The Labute approximate surface area is 126 Å². The molecule has 0 aromatic heterocycles. The van der Waals surface area contributed by atoms with Crippen molar-refractivity contribution in [2.45, 2.75) is 0 Å². The molecule has 1 radical (unpaired) electrons. The average molecular weight is 406 g/mol. The molecule has 0 aliphatic heterocycles. The van der Waals surface area contributed by atoms with Crippen molar-refractivity contribution in [3.05, 3.63) is 61.7 Å². The molecule has 4 nitrogen and oxygen atoms in total. The summed E-state index contributed by atoms with van der Waals surface area (Å²) in [6.07, 6.45) is 1.09. The standard InChI is InChI=1S/C14H15IO4S/c1-18-14-10-8-13(9-11-14)15(19-20(2,16)17)12-6-4-3-5-7-12/h3-11H,1-2H3/q+1. The van der Waals surface area contributed by atoms with Gasteiger partial charge in [0.05, 0.1) is 13.4 Å². The maximum Gasteiger partial charge on any atom is 0.323 e. The van der Waals surface area contributed by atoms with Gasteiger partial charge in [0, 0.05) is 0 Å². The highest BCUT2D eigenvalue weighted by Crippen LogP contribution is 2.06. The highest BCUT2D eigenvalue weighted by Gasteiger charge is 2.34. The van der Waals surface area contributed by atoms with Crippen molar-refractivity contribution in [3.8, 4) is 5.75 Å². The Kier molecular flexibility index (Phi) is 5.00. The second-order valence-electron chi connectivity index (χ2n) is 3.97. The molecule has 0 fully saturated rings. The minimum absolute atomic E-state index is 0.733. The average Bonchev–Trinajstić information content (AvgIpc) is 2.45. The molecule has 0 N–H and O–H groups in total. The van der Waals surface area contributed by atoms with Crippen LogP contribution in [0, 0.1) is 7.14 Å². The molecule has 0 aliphatic carbocycles. The summed E-state index contributed by atoms with van der Waals surface area (Å²) in [5.41, 5.74) is 0. The van der Waals surface area contributed by atoms with Gasteiger partial charge in [0.2, 0.25) is 0 Å². The first-order valence-corrected chi connectivity index (χ1v) is 10.6. The Morgan fingerprint density at radius 3 is 1.95 bits per heavy atom. The van der Waals surface area contributed by atoms with Crippen LogP contribution >= 0.6 is 0 Å². The minimum Gasteiger partial charge on any atom is -0.497 e. The number of hydrogen-bond donors (Lipinski definition) is 0. The molecule has 0 aliphatic rings. The van der Waals surface area contributed by atoms with E-state index in [0.29, 0.717) is 0 Å². The van der Waals surface area contributed by atoms with Crippen molar-refractivity contribution >= 4 is 10.1 Å². The Morgan fingerprint density at radius 2 is 1.45 bits per heavy atom. The van der Waals surface area contributed by atoms with Crippen molar-refractivity contribution in [1.29, 1.82) is 0 Å². The van der Waals surface area contributed by atoms with E-state index in [1.165, 1.54) is 0 Å². The minimum atomic E-state index is -3.50. The van der Waals surface area contributed by atoms with Gasteiger partial charge in [-0.1, -0.05) is 18.2 Å². The van der Waals surface area contributed by atoms with E-state index in [-0.39, 0.29) is 0 Å². The van der Waals surface area contributed by atoms with Crippen LogP contribution in [0.1, 0.15) is 0 Å². The van der Waals surface area contributed by atoms with E-state index in [0.717, 1.165) is 19.1 Å². The third-order valence-corrected chi connectivity index (χ3v) is 9.45. The van der Waals surface area contributed by atoms with E-state index in [2.05, 4.69) is 0 Å². The Bertz CT molecular complexity index is 653. The summed E-state index contributed by atoms with van der Waals surface area (Å²) >= 11 is -2.45. The third kappa shape index (κ3) is 4.19. The smallest absolute Gasteiger partial charge is 0.323 e. The molecule has 0 amide bonds. The van der Waals surface area contributed by atoms with Gasteiger partial charge in [-0.2, -0.15) is 8.42 Å². The summed E-state index contributed by atoms with van der Waals surface area (Å²) < 4.78 is 35.3. The summed E-state index contributed by atoms with van der Waals surface area (Å²) in [5.74, 6) is 0.733. The van der Waals surface area contributed by atoms with Gasteiger partial charge in [0.1, 0.15) is 5.75 Å². The van der Waals surface area contributed by atoms with Crippen LogP contribution in [-0.2, 0) is 12.6 Å². The first kappa shape index (κ1) is 15.3. The monoisotopic (exact) mass is 406 g/mol. The molecule has 0 bridgehead atoms. The first-order valence-electron chi connectivity index (χ1n) is 5.78. The lowest BCUT2D eigenvalue weighted by molar-refractivity contribution is -1.03. The SMILES string of the molecule is COc1ccc([I+](OS(C)(=O)=O)c2ccccc2)cc1. The van der Waals surface area contributed by atoms with Gasteiger partial charge in [-0.15, -0.1) is 0 Å². The van der Waals surface area contributed by atoms with Crippen LogP contribution in [0.3, 0.4) is 0 Å². The second kappa shape index (κ2) is 6.55. The van der Waals surface area contributed by atoms with Crippen LogP contribution < -0.4 is 25.0 Å². The highest BCUT2D eigenvalue weighted by atomic mass is 127. The molecule has 0 unspecified atom stereocenters. The fraction of sp³-hybridized carbons (Fsp3) is 0.143. The van der Waals surface area contributed by atoms with Crippen LogP contribution in [0.15, 0.2) is 54.6 Å². The van der Waals surface area contributed by atoms with Crippen molar-refractivity contribution in [1.82, 2.24) is 0 Å². The molecule has 0 saturated carbocycles. The Hall–Kier alpha value is -1.12. The predicted molar refractivity (Wildman–Crippen MR) is 72.8 cm³/mol.